The van der Waals surface area contributed by atoms with E-state index in [0.29, 0.717) is 30.9 Å². The van der Waals surface area contributed by atoms with E-state index in [1.165, 1.54) is 4.90 Å². The minimum atomic E-state index is -4.61. The zero-order valence-corrected chi connectivity index (χ0v) is 16.5. The summed E-state index contributed by atoms with van der Waals surface area (Å²) in [5.74, 6) is 0.328. The van der Waals surface area contributed by atoms with Crippen molar-refractivity contribution in [1.82, 2.24) is 10.1 Å². The lowest BCUT2D eigenvalue weighted by atomic mass is 9.93. The van der Waals surface area contributed by atoms with E-state index in [1.807, 2.05) is 20.8 Å². The molecule has 1 aromatic heterocycles. The molecule has 1 fully saturated rings. The summed E-state index contributed by atoms with van der Waals surface area (Å²) in [7, 11) is 0. The molecule has 0 unspecified atom stereocenters. The first-order valence-electron chi connectivity index (χ1n) is 8.46. The number of halogens is 4. The van der Waals surface area contributed by atoms with E-state index in [0.717, 1.165) is 0 Å². The van der Waals surface area contributed by atoms with Crippen LogP contribution in [0.2, 0.25) is 0 Å². The number of likely N-dealkylation sites (tertiary alicyclic amines) is 1. The fourth-order valence-corrected chi connectivity index (χ4v) is 2.68. The Balaban J connectivity index is 2.12. The summed E-state index contributed by atoms with van der Waals surface area (Å²) in [4.78, 5) is 13.9. The zero-order valence-electron chi connectivity index (χ0n) is 15.7. The summed E-state index contributed by atoms with van der Waals surface area (Å²) in [6.45, 7) is 9.32. The molecule has 1 saturated heterocycles. The number of rotatable bonds is 5. The van der Waals surface area contributed by atoms with Crippen molar-refractivity contribution >= 4 is 23.3 Å². The number of amides is 1. The lowest BCUT2D eigenvalue weighted by molar-refractivity contribution is -0.124. The Morgan fingerprint density at radius 2 is 2.11 bits per heavy atom. The Labute approximate surface area is 165 Å². The second-order valence-corrected chi connectivity index (χ2v) is 7.76. The van der Waals surface area contributed by atoms with Gasteiger partial charge in [-0.3, -0.25) is 4.79 Å². The van der Waals surface area contributed by atoms with Crippen molar-refractivity contribution in [3.8, 4) is 0 Å². The number of nitrogens with zero attached hydrogens (tertiary/aromatic N) is 2. The number of nitrogens with one attached hydrogen (secondary N) is 1. The van der Waals surface area contributed by atoms with Crippen molar-refractivity contribution in [3.63, 3.8) is 0 Å². The monoisotopic (exact) mass is 418 g/mol. The maximum Gasteiger partial charge on any atom is 0.416 e. The van der Waals surface area contributed by atoms with E-state index in [4.69, 9.17) is 21.9 Å². The topological polar surface area (TPSA) is 84.4 Å². The lowest BCUT2D eigenvalue weighted by Crippen LogP contribution is -2.55. The van der Waals surface area contributed by atoms with E-state index < -0.39 is 23.7 Å². The molecule has 10 heteroatoms. The zero-order chi connectivity index (χ0) is 21.3. The van der Waals surface area contributed by atoms with Gasteiger partial charge in [0.25, 0.3) is 0 Å². The summed E-state index contributed by atoms with van der Waals surface area (Å²) < 4.78 is 43.7. The summed E-state index contributed by atoms with van der Waals surface area (Å²) in [5.41, 5.74) is 4.57. The van der Waals surface area contributed by atoms with Gasteiger partial charge in [-0.2, -0.15) is 13.2 Å². The minimum absolute atomic E-state index is 0.118. The number of hydrogen-bond donors (Lipinski definition) is 2. The third-order valence-electron chi connectivity index (χ3n) is 4.21. The molecule has 1 amide bonds. The predicted octanol–water partition coefficient (Wildman–Crippen LogP) is 4.03. The number of aromatic nitrogens is 1. The molecule has 0 aromatic carbocycles. The average molecular weight is 419 g/mol. The van der Waals surface area contributed by atoms with E-state index in [1.54, 1.807) is 6.07 Å². The molecule has 0 saturated carbocycles. The summed E-state index contributed by atoms with van der Waals surface area (Å²) in [6, 6.07) is 0.949. The molecule has 28 heavy (non-hydrogen) atoms. The van der Waals surface area contributed by atoms with Gasteiger partial charge in [-0.25, -0.2) is 0 Å². The largest absolute Gasteiger partial charge is 0.416 e. The fourth-order valence-electron chi connectivity index (χ4n) is 2.45. The van der Waals surface area contributed by atoms with Crippen LogP contribution < -0.4 is 11.1 Å². The van der Waals surface area contributed by atoms with Gasteiger partial charge in [0.2, 0.25) is 5.91 Å². The lowest BCUT2D eigenvalue weighted by Gasteiger charge is -2.41. The second kappa shape index (κ2) is 7.90. The van der Waals surface area contributed by atoms with Crippen molar-refractivity contribution in [3.05, 3.63) is 47.0 Å². The first-order valence-corrected chi connectivity index (χ1v) is 8.83. The highest BCUT2D eigenvalue weighted by Gasteiger charge is 2.37. The SMILES string of the molecule is C=C/C(=C\C(Cl)=C(/N)N1CC[C@H]1C(=O)Nc1cc(C(C)(C)C)on1)C(F)(F)F. The van der Waals surface area contributed by atoms with Crippen LogP contribution in [0.25, 0.3) is 0 Å². The second-order valence-electron chi connectivity index (χ2n) is 7.35. The van der Waals surface area contributed by atoms with Gasteiger partial charge in [0, 0.05) is 18.0 Å². The highest BCUT2D eigenvalue weighted by Crippen LogP contribution is 2.31. The van der Waals surface area contributed by atoms with Crippen LogP contribution in [0.1, 0.15) is 33.0 Å². The van der Waals surface area contributed by atoms with Crippen LogP contribution >= 0.6 is 11.6 Å². The standard InChI is InChI=1S/C18H22ClF3N4O2/c1-5-10(18(20,21)22)8-11(19)15(23)26-7-6-12(26)16(27)24-14-9-13(28-25-14)17(2,3)4/h5,8-9,12H,1,6-7,23H2,2-4H3,(H,24,25,27)/b10-8+,15-11-/t12-/m0/s1. The number of alkyl halides is 3. The number of carbonyl (C=O) groups is 1. The van der Waals surface area contributed by atoms with Gasteiger partial charge in [-0.15, -0.1) is 0 Å². The normalized spacial score (nSPS) is 19.0. The Hall–Kier alpha value is -2.42. The quantitative estimate of drug-likeness (QED) is 0.705. The van der Waals surface area contributed by atoms with E-state index in [9.17, 15) is 18.0 Å². The third-order valence-corrected chi connectivity index (χ3v) is 4.51. The average Bonchev–Trinajstić information content (AvgIpc) is 2.98. The Morgan fingerprint density at radius 1 is 1.46 bits per heavy atom. The van der Waals surface area contributed by atoms with Crippen molar-refractivity contribution in [2.75, 3.05) is 11.9 Å². The minimum Gasteiger partial charge on any atom is -0.384 e. The molecule has 1 aliphatic heterocycles. The number of nitrogens with two attached hydrogens (primary N) is 1. The Morgan fingerprint density at radius 3 is 2.54 bits per heavy atom. The van der Waals surface area contributed by atoms with Gasteiger partial charge in [0.1, 0.15) is 17.6 Å². The molecule has 1 aromatic rings. The van der Waals surface area contributed by atoms with Crippen LogP contribution in [0.4, 0.5) is 19.0 Å². The van der Waals surface area contributed by atoms with E-state index in [-0.39, 0.29) is 22.1 Å². The highest BCUT2D eigenvalue weighted by atomic mass is 35.5. The van der Waals surface area contributed by atoms with Crippen LogP contribution in [0, 0.1) is 0 Å². The molecular formula is C18H22ClF3N4O2. The van der Waals surface area contributed by atoms with Crippen molar-refractivity contribution < 1.29 is 22.5 Å². The van der Waals surface area contributed by atoms with Gasteiger partial charge < -0.3 is 20.5 Å². The van der Waals surface area contributed by atoms with Crippen LogP contribution in [0.15, 0.2) is 45.7 Å². The first kappa shape index (κ1) is 21.9. The van der Waals surface area contributed by atoms with E-state index in [2.05, 4.69) is 17.1 Å². The number of anilines is 1. The molecule has 0 aliphatic carbocycles. The molecule has 0 radical (unpaired) electrons. The van der Waals surface area contributed by atoms with Crippen LogP contribution in [-0.4, -0.2) is 34.7 Å². The van der Waals surface area contributed by atoms with E-state index >= 15 is 0 Å². The smallest absolute Gasteiger partial charge is 0.384 e. The van der Waals surface area contributed by atoms with Gasteiger partial charge >= 0.3 is 6.18 Å². The van der Waals surface area contributed by atoms with Crippen molar-refractivity contribution in [2.45, 2.75) is 44.8 Å². The summed E-state index contributed by atoms with van der Waals surface area (Å²) in [5, 5.41) is 6.11. The molecule has 2 rings (SSSR count). The maximum absolute atomic E-state index is 12.8. The van der Waals surface area contributed by atoms with Crippen molar-refractivity contribution in [2.24, 2.45) is 5.73 Å². The molecule has 0 spiro atoms. The molecule has 2 heterocycles. The van der Waals surface area contributed by atoms with Gasteiger partial charge in [0.15, 0.2) is 5.82 Å². The fraction of sp³-hybridized carbons (Fsp3) is 0.444. The molecule has 154 valence electrons. The van der Waals surface area contributed by atoms with Crippen LogP contribution in [0.3, 0.4) is 0 Å². The summed E-state index contributed by atoms with van der Waals surface area (Å²) >= 11 is 5.93. The van der Waals surface area contributed by atoms with Crippen molar-refractivity contribution in [1.29, 1.82) is 0 Å². The van der Waals surface area contributed by atoms with Gasteiger partial charge in [0.05, 0.1) is 10.6 Å². The Bertz CT molecular complexity index is 822. The summed E-state index contributed by atoms with van der Waals surface area (Å²) in [6.07, 6.45) is -2.80. The van der Waals surface area contributed by atoms with Crippen LogP contribution in [-0.2, 0) is 10.2 Å². The molecule has 1 aliphatic rings. The molecule has 6 nitrogen and oxygen atoms in total. The predicted molar refractivity (Wildman–Crippen MR) is 100 cm³/mol. The highest BCUT2D eigenvalue weighted by molar-refractivity contribution is 6.31. The van der Waals surface area contributed by atoms with Crippen LogP contribution in [0.5, 0.6) is 0 Å². The Kier molecular flexibility index (Phi) is 6.18. The number of allylic oxidation sites excluding steroid dienone is 4. The number of carbonyl (C=O) groups excluding carboxylic acids is 1. The molecule has 3 N–H and O–H groups in total. The van der Waals surface area contributed by atoms with Gasteiger partial charge in [-0.05, 0) is 12.5 Å². The molecule has 1 atom stereocenters. The first-order chi connectivity index (χ1) is 12.8. The molecule has 0 bridgehead atoms. The molecular weight excluding hydrogens is 397 g/mol. The number of hydrogen-bond acceptors (Lipinski definition) is 5. The third kappa shape index (κ3) is 4.89. The maximum atomic E-state index is 12.8. The van der Waals surface area contributed by atoms with Gasteiger partial charge in [-0.1, -0.05) is 50.2 Å².